The van der Waals surface area contributed by atoms with E-state index >= 15 is 0 Å². The van der Waals surface area contributed by atoms with Crippen molar-refractivity contribution in [3.8, 4) is 0 Å². The summed E-state index contributed by atoms with van der Waals surface area (Å²) in [6.07, 6.45) is -5.19. The topological polar surface area (TPSA) is 57.6 Å². The van der Waals surface area contributed by atoms with Crippen molar-refractivity contribution in [1.29, 1.82) is 0 Å². The molecule has 102 valence electrons. The predicted molar refractivity (Wildman–Crippen MR) is 58.2 cm³/mol. The fourth-order valence-corrected chi connectivity index (χ4v) is 2.12. The average Bonchev–Trinajstić information content (AvgIpc) is 2.35. The van der Waals surface area contributed by atoms with E-state index in [4.69, 9.17) is 5.11 Å². The van der Waals surface area contributed by atoms with E-state index < -0.39 is 24.1 Å². The van der Waals surface area contributed by atoms with Crippen LogP contribution in [-0.2, 0) is 22.6 Å². The summed E-state index contributed by atoms with van der Waals surface area (Å²) in [4.78, 5) is 22.7. The van der Waals surface area contributed by atoms with Crippen molar-refractivity contribution in [3.05, 3.63) is 35.4 Å². The van der Waals surface area contributed by atoms with Crippen LogP contribution in [0.4, 0.5) is 13.2 Å². The Morgan fingerprint density at radius 2 is 1.79 bits per heavy atom. The van der Waals surface area contributed by atoms with Gasteiger partial charge in [-0.15, -0.1) is 0 Å². The first kappa shape index (κ1) is 13.4. The molecule has 0 radical (unpaired) electrons. The van der Waals surface area contributed by atoms with Gasteiger partial charge in [0.25, 0.3) is 0 Å². The molecule has 0 aromatic heterocycles. The molecule has 0 fully saturated rings. The normalized spacial score (nSPS) is 18.9. The highest BCUT2D eigenvalue weighted by atomic mass is 19.4. The van der Waals surface area contributed by atoms with Gasteiger partial charge in [0, 0.05) is 13.0 Å². The summed E-state index contributed by atoms with van der Waals surface area (Å²) in [7, 11) is 0. The zero-order chi connectivity index (χ0) is 14.2. The summed E-state index contributed by atoms with van der Waals surface area (Å²) in [6.45, 7) is -0.342. The lowest BCUT2D eigenvalue weighted by atomic mass is 9.94. The molecule has 1 aromatic rings. The summed E-state index contributed by atoms with van der Waals surface area (Å²) in [6, 6.07) is 5.07. The molecule has 1 N–H and O–H groups in total. The van der Waals surface area contributed by atoms with Gasteiger partial charge in [-0.3, -0.25) is 4.79 Å². The van der Waals surface area contributed by atoms with Crippen LogP contribution in [0.25, 0.3) is 0 Å². The minimum atomic E-state index is -5.07. The summed E-state index contributed by atoms with van der Waals surface area (Å²) >= 11 is 0. The van der Waals surface area contributed by atoms with Gasteiger partial charge in [-0.05, 0) is 11.1 Å². The van der Waals surface area contributed by atoms with Crippen LogP contribution in [0.3, 0.4) is 0 Å². The van der Waals surface area contributed by atoms with E-state index in [1.807, 2.05) is 0 Å². The van der Waals surface area contributed by atoms with E-state index in [-0.39, 0.29) is 13.0 Å². The zero-order valence-corrected chi connectivity index (χ0v) is 9.65. The van der Waals surface area contributed by atoms with Crippen LogP contribution in [0.5, 0.6) is 0 Å². The summed E-state index contributed by atoms with van der Waals surface area (Å²) < 4.78 is 37.4. The zero-order valence-electron chi connectivity index (χ0n) is 9.65. The summed E-state index contributed by atoms with van der Waals surface area (Å²) in [5.74, 6) is -3.55. The van der Waals surface area contributed by atoms with Crippen molar-refractivity contribution >= 4 is 11.9 Å². The van der Waals surface area contributed by atoms with Crippen molar-refractivity contribution < 1.29 is 27.9 Å². The number of alkyl halides is 3. The minimum absolute atomic E-state index is 0.118. The molecule has 1 aliphatic heterocycles. The van der Waals surface area contributed by atoms with Crippen LogP contribution in [0, 0.1) is 0 Å². The smallest absolute Gasteiger partial charge is 0.471 e. The SMILES string of the molecule is O=C(O)[C@H]1Cc2ccccc2CN1C(=O)C(F)(F)F. The number of carboxylic acids is 1. The van der Waals surface area contributed by atoms with Gasteiger partial charge >= 0.3 is 18.1 Å². The Kier molecular flexibility index (Phi) is 3.21. The molecule has 19 heavy (non-hydrogen) atoms. The molecule has 1 amide bonds. The van der Waals surface area contributed by atoms with Gasteiger partial charge in [0.05, 0.1) is 0 Å². The largest absolute Gasteiger partial charge is 0.480 e. The number of fused-ring (bicyclic) bond motifs is 1. The Morgan fingerprint density at radius 1 is 1.21 bits per heavy atom. The van der Waals surface area contributed by atoms with Crippen LogP contribution in [0.1, 0.15) is 11.1 Å². The quantitative estimate of drug-likeness (QED) is 0.845. The number of nitrogens with zero attached hydrogens (tertiary/aromatic N) is 1. The number of carbonyl (C=O) groups excluding carboxylic acids is 1. The molecule has 1 aliphatic rings. The second-order valence-electron chi connectivity index (χ2n) is 4.26. The Morgan fingerprint density at radius 3 is 2.32 bits per heavy atom. The molecule has 0 spiro atoms. The van der Waals surface area contributed by atoms with E-state index in [1.165, 1.54) is 0 Å². The Labute approximate surface area is 106 Å². The lowest BCUT2D eigenvalue weighted by Crippen LogP contribution is -2.52. The number of rotatable bonds is 1. The summed E-state index contributed by atoms with van der Waals surface area (Å²) in [5.41, 5.74) is 1.19. The van der Waals surface area contributed by atoms with Crippen molar-refractivity contribution in [3.63, 3.8) is 0 Å². The number of carbonyl (C=O) groups is 2. The Hall–Kier alpha value is -2.05. The summed E-state index contributed by atoms with van der Waals surface area (Å²) in [5, 5.41) is 8.99. The van der Waals surface area contributed by atoms with Crippen LogP contribution in [0.2, 0.25) is 0 Å². The third-order valence-electron chi connectivity index (χ3n) is 3.04. The number of halogens is 3. The van der Waals surface area contributed by atoms with Crippen molar-refractivity contribution in [2.75, 3.05) is 0 Å². The fourth-order valence-electron chi connectivity index (χ4n) is 2.12. The first-order chi connectivity index (χ1) is 8.80. The molecule has 1 heterocycles. The van der Waals surface area contributed by atoms with E-state index in [0.29, 0.717) is 16.0 Å². The number of aliphatic carboxylic acids is 1. The minimum Gasteiger partial charge on any atom is -0.480 e. The second-order valence-corrected chi connectivity index (χ2v) is 4.26. The number of benzene rings is 1. The molecule has 0 unspecified atom stereocenters. The van der Waals surface area contributed by atoms with Gasteiger partial charge < -0.3 is 10.0 Å². The van der Waals surface area contributed by atoms with Crippen molar-refractivity contribution in [2.45, 2.75) is 25.2 Å². The monoisotopic (exact) mass is 273 g/mol. The predicted octanol–water partition coefficient (Wildman–Crippen LogP) is 1.59. The third kappa shape index (κ3) is 2.54. The number of hydrogen-bond acceptors (Lipinski definition) is 2. The van der Waals surface area contributed by atoms with Crippen LogP contribution < -0.4 is 0 Å². The molecule has 2 rings (SSSR count). The van der Waals surface area contributed by atoms with Crippen LogP contribution in [-0.4, -0.2) is 34.1 Å². The molecule has 1 atom stereocenters. The first-order valence-electron chi connectivity index (χ1n) is 5.48. The molecule has 1 aromatic carbocycles. The molecule has 0 bridgehead atoms. The molecule has 4 nitrogen and oxygen atoms in total. The van der Waals surface area contributed by atoms with E-state index in [9.17, 15) is 22.8 Å². The van der Waals surface area contributed by atoms with Gasteiger partial charge in [-0.25, -0.2) is 4.79 Å². The molecule has 7 heteroatoms. The van der Waals surface area contributed by atoms with Gasteiger partial charge in [0.15, 0.2) is 0 Å². The van der Waals surface area contributed by atoms with Gasteiger partial charge in [-0.2, -0.15) is 13.2 Å². The number of amides is 1. The Balaban J connectivity index is 2.37. The Bertz CT molecular complexity index is 527. The highest BCUT2D eigenvalue weighted by Gasteiger charge is 2.47. The number of hydrogen-bond donors (Lipinski definition) is 1. The van der Waals surface area contributed by atoms with E-state index in [1.54, 1.807) is 24.3 Å². The maximum absolute atomic E-state index is 12.5. The highest BCUT2D eigenvalue weighted by molar-refractivity contribution is 5.87. The first-order valence-corrected chi connectivity index (χ1v) is 5.48. The molecular formula is C12H10F3NO3. The second kappa shape index (κ2) is 4.56. The van der Waals surface area contributed by atoms with Crippen LogP contribution in [0.15, 0.2) is 24.3 Å². The van der Waals surface area contributed by atoms with Crippen molar-refractivity contribution in [1.82, 2.24) is 4.90 Å². The lowest BCUT2D eigenvalue weighted by molar-refractivity contribution is -0.191. The van der Waals surface area contributed by atoms with Crippen LogP contribution >= 0.6 is 0 Å². The maximum Gasteiger partial charge on any atom is 0.471 e. The van der Waals surface area contributed by atoms with Gasteiger partial charge in [-0.1, -0.05) is 24.3 Å². The highest BCUT2D eigenvalue weighted by Crippen LogP contribution is 2.28. The standard InChI is InChI=1S/C12H10F3NO3/c13-12(14,15)11(19)16-6-8-4-2-1-3-7(8)5-9(16)10(17)18/h1-4,9H,5-6H2,(H,17,18)/t9-/m1/s1. The van der Waals surface area contributed by atoms with Crippen molar-refractivity contribution in [2.24, 2.45) is 0 Å². The maximum atomic E-state index is 12.5. The lowest BCUT2D eigenvalue weighted by Gasteiger charge is -2.34. The van der Waals surface area contributed by atoms with Gasteiger partial charge in [0.1, 0.15) is 6.04 Å². The molecule has 0 saturated carbocycles. The molecular weight excluding hydrogens is 263 g/mol. The van der Waals surface area contributed by atoms with E-state index in [0.717, 1.165) is 0 Å². The fraction of sp³-hybridized carbons (Fsp3) is 0.333. The average molecular weight is 273 g/mol. The molecule has 0 saturated heterocycles. The number of carboxylic acid groups (broad SMARTS) is 1. The molecule has 0 aliphatic carbocycles. The van der Waals surface area contributed by atoms with E-state index in [2.05, 4.69) is 0 Å². The third-order valence-corrected chi connectivity index (χ3v) is 3.04. The van der Waals surface area contributed by atoms with Gasteiger partial charge in [0.2, 0.25) is 0 Å².